The van der Waals surface area contributed by atoms with E-state index in [9.17, 15) is 18.4 Å². The summed E-state index contributed by atoms with van der Waals surface area (Å²) in [6, 6.07) is 10.2. The van der Waals surface area contributed by atoms with E-state index in [0.717, 1.165) is 23.8 Å². The van der Waals surface area contributed by atoms with Crippen LogP contribution in [0.1, 0.15) is 39.1 Å². The lowest BCUT2D eigenvalue weighted by Crippen LogP contribution is -2.36. The van der Waals surface area contributed by atoms with E-state index in [1.54, 1.807) is 12.1 Å². The number of Topliss-reactive ketones (excluding diaryl/α,β-unsaturated/α-hetero) is 1. The second-order valence-electron chi connectivity index (χ2n) is 6.73. The smallest absolute Gasteiger partial charge is 0.337 e. The fourth-order valence-corrected chi connectivity index (χ4v) is 3.38. The van der Waals surface area contributed by atoms with Gasteiger partial charge in [0, 0.05) is 12.5 Å². The molecular formula is C21H21F2NO3. The Kier molecular flexibility index (Phi) is 5.96. The SMILES string of the molecule is COC(=O)c1ccc(CN2CCC(C(=O)c3cc(F)ccc3F)CC2)cc1. The van der Waals surface area contributed by atoms with Gasteiger partial charge in [-0.15, -0.1) is 0 Å². The Labute approximate surface area is 156 Å². The molecule has 0 aliphatic carbocycles. The Morgan fingerprint density at radius 1 is 1.07 bits per heavy atom. The maximum Gasteiger partial charge on any atom is 0.337 e. The quantitative estimate of drug-likeness (QED) is 0.590. The Bertz CT molecular complexity index is 828. The van der Waals surface area contributed by atoms with Crippen LogP contribution >= 0.6 is 0 Å². The number of rotatable bonds is 5. The molecule has 0 N–H and O–H groups in total. The van der Waals surface area contributed by atoms with Crippen molar-refractivity contribution in [3.05, 3.63) is 70.8 Å². The van der Waals surface area contributed by atoms with Gasteiger partial charge in [-0.3, -0.25) is 9.69 Å². The Morgan fingerprint density at radius 3 is 2.37 bits per heavy atom. The first-order valence-corrected chi connectivity index (χ1v) is 8.87. The number of carbonyl (C=O) groups is 2. The monoisotopic (exact) mass is 373 g/mol. The third-order valence-corrected chi connectivity index (χ3v) is 4.93. The summed E-state index contributed by atoms with van der Waals surface area (Å²) >= 11 is 0. The van der Waals surface area contributed by atoms with E-state index in [1.165, 1.54) is 7.11 Å². The largest absolute Gasteiger partial charge is 0.465 e. The maximum absolute atomic E-state index is 13.8. The highest BCUT2D eigenvalue weighted by molar-refractivity contribution is 5.98. The molecule has 0 aromatic heterocycles. The fourth-order valence-electron chi connectivity index (χ4n) is 3.38. The van der Waals surface area contributed by atoms with Gasteiger partial charge >= 0.3 is 5.97 Å². The van der Waals surface area contributed by atoms with Crippen LogP contribution in [0, 0.1) is 17.6 Å². The number of ketones is 1. The Balaban J connectivity index is 1.56. The molecule has 0 saturated carbocycles. The lowest BCUT2D eigenvalue weighted by molar-refractivity contribution is 0.0600. The van der Waals surface area contributed by atoms with E-state index >= 15 is 0 Å². The van der Waals surface area contributed by atoms with Gasteiger partial charge in [0.1, 0.15) is 11.6 Å². The van der Waals surface area contributed by atoms with Crippen molar-refractivity contribution in [2.75, 3.05) is 20.2 Å². The minimum Gasteiger partial charge on any atom is -0.465 e. The molecule has 2 aromatic carbocycles. The van der Waals surface area contributed by atoms with E-state index in [4.69, 9.17) is 0 Å². The number of nitrogens with zero attached hydrogens (tertiary/aromatic N) is 1. The van der Waals surface area contributed by atoms with Crippen molar-refractivity contribution in [3.63, 3.8) is 0 Å². The first-order chi connectivity index (χ1) is 13.0. The fraction of sp³-hybridized carbons (Fsp3) is 0.333. The predicted octanol–water partition coefficient (Wildman–Crippen LogP) is 3.85. The van der Waals surface area contributed by atoms with E-state index in [2.05, 4.69) is 9.64 Å². The van der Waals surface area contributed by atoms with Gasteiger partial charge in [0.2, 0.25) is 0 Å². The average molecular weight is 373 g/mol. The van der Waals surface area contributed by atoms with Gasteiger partial charge in [-0.25, -0.2) is 13.6 Å². The molecule has 1 heterocycles. The zero-order chi connectivity index (χ0) is 19.4. The van der Waals surface area contributed by atoms with E-state index in [0.29, 0.717) is 38.0 Å². The highest BCUT2D eigenvalue weighted by atomic mass is 19.1. The van der Waals surface area contributed by atoms with Gasteiger partial charge < -0.3 is 4.74 Å². The summed E-state index contributed by atoms with van der Waals surface area (Å²) in [6.07, 6.45) is 1.21. The highest BCUT2D eigenvalue weighted by Gasteiger charge is 2.27. The molecule has 142 valence electrons. The summed E-state index contributed by atoms with van der Waals surface area (Å²) < 4.78 is 31.8. The number of benzene rings is 2. The molecule has 3 rings (SSSR count). The van der Waals surface area contributed by atoms with Crippen LogP contribution in [-0.2, 0) is 11.3 Å². The van der Waals surface area contributed by atoms with Crippen molar-refractivity contribution >= 4 is 11.8 Å². The molecular weight excluding hydrogens is 352 g/mol. The van der Waals surface area contributed by atoms with Crippen LogP contribution in [0.15, 0.2) is 42.5 Å². The van der Waals surface area contributed by atoms with Gasteiger partial charge in [0.25, 0.3) is 0 Å². The molecule has 0 atom stereocenters. The van der Waals surface area contributed by atoms with Crippen molar-refractivity contribution in [2.24, 2.45) is 5.92 Å². The Hall–Kier alpha value is -2.60. The molecule has 1 aliphatic rings. The lowest BCUT2D eigenvalue weighted by atomic mass is 9.88. The molecule has 0 unspecified atom stereocenters. The zero-order valence-corrected chi connectivity index (χ0v) is 15.1. The summed E-state index contributed by atoms with van der Waals surface area (Å²) in [4.78, 5) is 26.2. The van der Waals surface area contributed by atoms with Crippen LogP contribution in [0.2, 0.25) is 0 Å². The van der Waals surface area contributed by atoms with E-state index < -0.39 is 11.6 Å². The average Bonchev–Trinajstić information content (AvgIpc) is 2.70. The van der Waals surface area contributed by atoms with Crippen molar-refractivity contribution < 1.29 is 23.1 Å². The standard InChI is InChI=1S/C21H21F2NO3/c1-27-21(26)16-4-2-14(3-5-16)13-24-10-8-15(9-11-24)20(25)18-12-17(22)6-7-19(18)23/h2-7,12,15H,8-11,13H2,1H3. The van der Waals surface area contributed by atoms with Gasteiger partial charge in [-0.05, 0) is 61.8 Å². The van der Waals surface area contributed by atoms with Crippen LogP contribution in [0.3, 0.4) is 0 Å². The number of hydrogen-bond donors (Lipinski definition) is 0. The van der Waals surface area contributed by atoms with Crippen molar-refractivity contribution in [1.29, 1.82) is 0 Å². The molecule has 2 aromatic rings. The number of likely N-dealkylation sites (tertiary alicyclic amines) is 1. The van der Waals surface area contributed by atoms with Crippen molar-refractivity contribution in [1.82, 2.24) is 4.90 Å². The highest BCUT2D eigenvalue weighted by Crippen LogP contribution is 2.24. The molecule has 1 fully saturated rings. The first-order valence-electron chi connectivity index (χ1n) is 8.87. The minimum absolute atomic E-state index is 0.160. The lowest BCUT2D eigenvalue weighted by Gasteiger charge is -2.31. The summed E-state index contributed by atoms with van der Waals surface area (Å²) in [5.74, 6) is -2.26. The van der Waals surface area contributed by atoms with Crippen LogP contribution in [-0.4, -0.2) is 36.9 Å². The van der Waals surface area contributed by atoms with Gasteiger partial charge in [-0.2, -0.15) is 0 Å². The van der Waals surface area contributed by atoms with Gasteiger partial charge in [0.05, 0.1) is 18.2 Å². The number of carbonyl (C=O) groups excluding carboxylic acids is 2. The normalized spacial score (nSPS) is 15.5. The number of halogens is 2. The molecule has 4 nitrogen and oxygen atoms in total. The van der Waals surface area contributed by atoms with E-state index in [-0.39, 0.29) is 23.2 Å². The van der Waals surface area contributed by atoms with E-state index in [1.807, 2.05) is 12.1 Å². The second kappa shape index (κ2) is 8.39. The van der Waals surface area contributed by atoms with Crippen LogP contribution in [0.5, 0.6) is 0 Å². The number of piperidine rings is 1. The zero-order valence-electron chi connectivity index (χ0n) is 15.1. The predicted molar refractivity (Wildman–Crippen MR) is 96.5 cm³/mol. The maximum atomic E-state index is 13.8. The summed E-state index contributed by atoms with van der Waals surface area (Å²) in [5, 5.41) is 0. The third-order valence-electron chi connectivity index (χ3n) is 4.93. The molecule has 27 heavy (non-hydrogen) atoms. The summed E-state index contributed by atoms with van der Waals surface area (Å²) in [5.41, 5.74) is 1.40. The van der Waals surface area contributed by atoms with Crippen LogP contribution in [0.25, 0.3) is 0 Å². The number of methoxy groups -OCH3 is 1. The second-order valence-corrected chi connectivity index (χ2v) is 6.73. The molecule has 6 heteroatoms. The molecule has 0 spiro atoms. The van der Waals surface area contributed by atoms with Crippen molar-refractivity contribution in [2.45, 2.75) is 19.4 Å². The molecule has 1 saturated heterocycles. The number of ether oxygens (including phenoxy) is 1. The molecule has 0 radical (unpaired) electrons. The summed E-state index contributed by atoms with van der Waals surface area (Å²) in [7, 11) is 1.34. The first kappa shape index (κ1) is 19.2. The van der Waals surface area contributed by atoms with Gasteiger partial charge in [-0.1, -0.05) is 12.1 Å². The van der Waals surface area contributed by atoms with Gasteiger partial charge in [0.15, 0.2) is 5.78 Å². The number of hydrogen-bond acceptors (Lipinski definition) is 4. The third kappa shape index (κ3) is 4.57. The van der Waals surface area contributed by atoms with Crippen LogP contribution in [0.4, 0.5) is 8.78 Å². The summed E-state index contributed by atoms with van der Waals surface area (Å²) in [6.45, 7) is 2.11. The number of esters is 1. The Morgan fingerprint density at radius 2 is 1.74 bits per heavy atom. The topological polar surface area (TPSA) is 46.6 Å². The van der Waals surface area contributed by atoms with Crippen molar-refractivity contribution in [3.8, 4) is 0 Å². The molecule has 1 aliphatic heterocycles. The van der Waals surface area contributed by atoms with Crippen LogP contribution < -0.4 is 0 Å². The minimum atomic E-state index is -0.672. The molecule has 0 bridgehead atoms. The molecule has 0 amide bonds.